The highest BCUT2D eigenvalue weighted by Crippen LogP contribution is 2.41. The summed E-state index contributed by atoms with van der Waals surface area (Å²) in [4.78, 5) is 0. The first-order valence-electron chi connectivity index (χ1n) is 6.12. The molecule has 0 amide bonds. The monoisotopic (exact) mass is 322 g/mol. The van der Waals surface area contributed by atoms with Crippen molar-refractivity contribution in [2.24, 2.45) is 5.14 Å². The molecule has 3 N–H and O–H groups in total. The van der Waals surface area contributed by atoms with Gasteiger partial charge in [-0.05, 0) is 30.5 Å². The molecule has 1 aromatic heterocycles. The van der Waals surface area contributed by atoms with Gasteiger partial charge in [0.2, 0.25) is 10.0 Å². The van der Waals surface area contributed by atoms with Crippen LogP contribution in [0.2, 0.25) is 0 Å². The Labute approximate surface area is 120 Å². The molecule has 108 valence electrons. The largest absolute Gasteiger partial charge is 0.316 e. The summed E-state index contributed by atoms with van der Waals surface area (Å²) >= 11 is 1.05. The van der Waals surface area contributed by atoms with Crippen molar-refractivity contribution in [1.82, 2.24) is 5.32 Å². The van der Waals surface area contributed by atoms with Crippen molar-refractivity contribution in [3.05, 3.63) is 11.6 Å². The molecule has 1 aliphatic rings. The van der Waals surface area contributed by atoms with E-state index in [0.29, 0.717) is 4.21 Å². The van der Waals surface area contributed by atoms with Gasteiger partial charge in [0.05, 0.1) is 15.0 Å². The van der Waals surface area contributed by atoms with Crippen LogP contribution in [-0.2, 0) is 20.8 Å². The molecule has 0 aliphatic carbocycles. The third-order valence-electron chi connectivity index (χ3n) is 3.23. The Bertz CT molecular complexity index is 594. The van der Waals surface area contributed by atoms with Crippen LogP contribution in [0, 0.1) is 0 Å². The summed E-state index contributed by atoms with van der Waals surface area (Å²) in [6.45, 7) is 5.59. The number of thiophene rings is 1. The van der Waals surface area contributed by atoms with Crippen molar-refractivity contribution in [2.45, 2.75) is 39.9 Å². The molecule has 0 aromatic carbocycles. The lowest BCUT2D eigenvalue weighted by atomic mass is 9.96. The van der Waals surface area contributed by atoms with Gasteiger partial charge in [0.25, 0.3) is 0 Å². The lowest BCUT2D eigenvalue weighted by Crippen LogP contribution is -2.29. The molecule has 0 saturated carbocycles. The van der Waals surface area contributed by atoms with E-state index >= 15 is 0 Å². The normalized spacial score (nSPS) is 27.2. The molecule has 0 saturated heterocycles. The maximum atomic E-state index is 12.2. The average Bonchev–Trinajstić information content (AvgIpc) is 2.77. The summed E-state index contributed by atoms with van der Waals surface area (Å²) in [6.07, 6.45) is 0.799. The van der Waals surface area contributed by atoms with Crippen molar-refractivity contribution >= 4 is 32.2 Å². The molecule has 1 aromatic rings. The fourth-order valence-corrected chi connectivity index (χ4v) is 6.45. The van der Waals surface area contributed by atoms with E-state index in [9.17, 15) is 12.6 Å². The first-order valence-corrected chi connectivity index (χ1v) is 9.70. The lowest BCUT2D eigenvalue weighted by molar-refractivity contribution is 0.537. The van der Waals surface area contributed by atoms with E-state index in [1.165, 1.54) is 0 Å². The molecular weight excluding hydrogens is 304 g/mol. The first-order chi connectivity index (χ1) is 8.84. The topological polar surface area (TPSA) is 89.3 Å². The molecular formula is C11H18N2O3S3. The summed E-state index contributed by atoms with van der Waals surface area (Å²) in [5.74, 6) is 0.203. The maximum absolute atomic E-state index is 12.2. The van der Waals surface area contributed by atoms with Gasteiger partial charge in [-0.3, -0.25) is 4.21 Å². The third kappa shape index (κ3) is 3.08. The van der Waals surface area contributed by atoms with Crippen molar-refractivity contribution in [1.29, 1.82) is 0 Å². The zero-order valence-corrected chi connectivity index (χ0v) is 13.3. The number of rotatable bonds is 4. The predicted octanol–water partition coefficient (Wildman–Crippen LogP) is 0.988. The van der Waals surface area contributed by atoms with Gasteiger partial charge in [0, 0.05) is 11.8 Å². The second kappa shape index (κ2) is 5.61. The second-order valence-electron chi connectivity index (χ2n) is 4.70. The van der Waals surface area contributed by atoms with Gasteiger partial charge in [0.15, 0.2) is 0 Å². The van der Waals surface area contributed by atoms with E-state index in [0.717, 1.165) is 36.4 Å². The molecule has 2 rings (SSSR count). The van der Waals surface area contributed by atoms with Crippen LogP contribution >= 0.6 is 11.3 Å². The van der Waals surface area contributed by atoms with Gasteiger partial charge in [-0.2, -0.15) is 0 Å². The van der Waals surface area contributed by atoms with E-state index in [4.69, 9.17) is 5.14 Å². The Morgan fingerprint density at radius 1 is 1.58 bits per heavy atom. The molecule has 0 radical (unpaired) electrons. The number of fused-ring (bicyclic) bond motifs is 1. The van der Waals surface area contributed by atoms with E-state index in [2.05, 4.69) is 5.32 Å². The SMILES string of the molecule is CCNCC1CC(C)S(=O)c2sc(S(N)(=O)=O)cc21. The molecule has 8 heteroatoms. The minimum atomic E-state index is -3.72. The van der Waals surface area contributed by atoms with Crippen LogP contribution in [0.15, 0.2) is 14.5 Å². The zero-order valence-electron chi connectivity index (χ0n) is 10.9. The van der Waals surface area contributed by atoms with Crippen LogP contribution in [-0.4, -0.2) is 31.0 Å². The highest BCUT2D eigenvalue weighted by atomic mass is 32.3. The minimum Gasteiger partial charge on any atom is -0.316 e. The van der Waals surface area contributed by atoms with Crippen LogP contribution in [0.1, 0.15) is 31.7 Å². The first kappa shape index (κ1) is 15.1. The number of hydrogen-bond acceptors (Lipinski definition) is 5. The van der Waals surface area contributed by atoms with Gasteiger partial charge >= 0.3 is 0 Å². The molecule has 0 fully saturated rings. The average molecular weight is 322 g/mol. The molecule has 0 spiro atoms. The van der Waals surface area contributed by atoms with Crippen LogP contribution in [0.5, 0.6) is 0 Å². The lowest BCUT2D eigenvalue weighted by Gasteiger charge is -2.26. The Kier molecular flexibility index (Phi) is 4.46. The number of hydrogen-bond donors (Lipinski definition) is 2. The highest BCUT2D eigenvalue weighted by molar-refractivity contribution is 7.92. The molecule has 1 aliphatic heterocycles. The minimum absolute atomic E-state index is 0.0446. The van der Waals surface area contributed by atoms with Gasteiger partial charge in [-0.15, -0.1) is 11.3 Å². The van der Waals surface area contributed by atoms with Crippen molar-refractivity contribution < 1.29 is 12.6 Å². The summed E-state index contributed by atoms with van der Waals surface area (Å²) < 4.78 is 35.9. The number of nitrogens with two attached hydrogens (primary N) is 1. The molecule has 3 unspecified atom stereocenters. The quantitative estimate of drug-likeness (QED) is 0.865. The van der Waals surface area contributed by atoms with Gasteiger partial charge in [-0.25, -0.2) is 13.6 Å². The Hall–Kier alpha value is -0.280. The summed E-state index contributed by atoms with van der Waals surface area (Å²) in [7, 11) is -4.85. The molecule has 2 heterocycles. The smallest absolute Gasteiger partial charge is 0.247 e. The molecule has 19 heavy (non-hydrogen) atoms. The maximum Gasteiger partial charge on any atom is 0.247 e. The van der Waals surface area contributed by atoms with Gasteiger partial charge < -0.3 is 5.32 Å². The highest BCUT2D eigenvalue weighted by Gasteiger charge is 2.33. The second-order valence-corrected chi connectivity index (χ2v) is 9.61. The third-order valence-corrected chi connectivity index (χ3v) is 7.86. The van der Waals surface area contributed by atoms with E-state index in [1.54, 1.807) is 6.07 Å². The summed E-state index contributed by atoms with van der Waals surface area (Å²) in [6, 6.07) is 1.60. The summed E-state index contributed by atoms with van der Waals surface area (Å²) in [5.41, 5.74) is 0.881. The van der Waals surface area contributed by atoms with Gasteiger partial charge in [0.1, 0.15) is 4.21 Å². The fraction of sp³-hybridized carbons (Fsp3) is 0.636. The van der Waals surface area contributed by atoms with Crippen LogP contribution in [0.4, 0.5) is 0 Å². The Morgan fingerprint density at radius 2 is 2.26 bits per heavy atom. The van der Waals surface area contributed by atoms with E-state index in [1.807, 2.05) is 13.8 Å². The Balaban J connectivity index is 2.44. The fourth-order valence-electron chi connectivity index (χ4n) is 2.26. The van der Waals surface area contributed by atoms with E-state index < -0.39 is 20.8 Å². The van der Waals surface area contributed by atoms with Crippen LogP contribution in [0.3, 0.4) is 0 Å². The standard InChI is InChI=1S/C11H18N2O3S3/c1-3-13-6-8-4-7(2)18(14)11-9(8)5-10(17-11)19(12,15)16/h5,7-8,13H,3-4,6H2,1-2H3,(H2,12,15,16). The van der Waals surface area contributed by atoms with Crippen molar-refractivity contribution in [3.63, 3.8) is 0 Å². The van der Waals surface area contributed by atoms with Crippen molar-refractivity contribution in [3.8, 4) is 0 Å². The molecule has 3 atom stereocenters. The zero-order chi connectivity index (χ0) is 14.2. The van der Waals surface area contributed by atoms with Crippen molar-refractivity contribution in [2.75, 3.05) is 13.1 Å². The van der Waals surface area contributed by atoms with Crippen LogP contribution in [0.25, 0.3) is 0 Å². The summed E-state index contributed by atoms with van der Waals surface area (Å²) in [5, 5.41) is 8.47. The number of sulfonamides is 1. The number of likely N-dealkylation sites (N-methyl/N-ethyl adjacent to an activating group) is 1. The van der Waals surface area contributed by atoms with E-state index in [-0.39, 0.29) is 15.4 Å². The molecule has 5 nitrogen and oxygen atoms in total. The number of nitrogens with one attached hydrogen (secondary N) is 1. The van der Waals surface area contributed by atoms with Gasteiger partial charge in [-0.1, -0.05) is 13.8 Å². The predicted molar refractivity (Wildman–Crippen MR) is 77.5 cm³/mol. The number of primary sulfonamides is 1. The van der Waals surface area contributed by atoms with Crippen LogP contribution < -0.4 is 10.5 Å². The molecule has 0 bridgehead atoms. The Morgan fingerprint density at radius 3 is 2.84 bits per heavy atom.